The van der Waals surface area contributed by atoms with Crippen molar-refractivity contribution in [3.05, 3.63) is 41.7 Å². The summed E-state index contributed by atoms with van der Waals surface area (Å²) in [5.74, 6) is 1.16. The van der Waals surface area contributed by atoms with Gasteiger partial charge in [0.1, 0.15) is 0 Å². The summed E-state index contributed by atoms with van der Waals surface area (Å²) in [5, 5.41) is 2.97. The molecule has 2 N–H and O–H groups in total. The summed E-state index contributed by atoms with van der Waals surface area (Å²) in [4.78, 5) is 16.4. The van der Waals surface area contributed by atoms with Crippen LogP contribution in [0.4, 0.5) is 0 Å². The first-order chi connectivity index (χ1) is 12.7. The number of carbonyl (C=O) groups excluding carboxylic acids is 1. The lowest BCUT2D eigenvalue weighted by Gasteiger charge is -2.37. The minimum absolute atomic E-state index is 0.0341. The molecule has 2 rings (SSSR count). The Morgan fingerprint density at radius 1 is 1.37 bits per heavy atom. The standard InChI is InChI=1S/C20H31N3O3S/c1-14(2)19-9-17(15(3)8-18(19)13-23-27(4,25)26)10-20(24)22-12-16-6-5-7-21-11-16/h5-8,11,14,17-19,23H,9-10,12-13H2,1-4H3,(H,22,24)/t17-,18-,19-/m0/s1. The van der Waals surface area contributed by atoms with Gasteiger partial charge in [0, 0.05) is 31.9 Å². The van der Waals surface area contributed by atoms with Crippen molar-refractivity contribution in [2.24, 2.45) is 23.7 Å². The molecule has 0 unspecified atom stereocenters. The zero-order chi connectivity index (χ0) is 20.0. The number of amides is 1. The van der Waals surface area contributed by atoms with E-state index in [4.69, 9.17) is 0 Å². The van der Waals surface area contributed by atoms with Crippen molar-refractivity contribution in [1.82, 2.24) is 15.0 Å². The minimum Gasteiger partial charge on any atom is -0.352 e. The van der Waals surface area contributed by atoms with E-state index in [1.807, 2.05) is 19.1 Å². The Bertz CT molecular complexity index is 760. The molecule has 27 heavy (non-hydrogen) atoms. The Balaban J connectivity index is 1.97. The van der Waals surface area contributed by atoms with Gasteiger partial charge in [-0.15, -0.1) is 0 Å². The lowest BCUT2D eigenvalue weighted by molar-refractivity contribution is -0.122. The summed E-state index contributed by atoms with van der Waals surface area (Å²) in [6.45, 7) is 7.26. The van der Waals surface area contributed by atoms with Crippen molar-refractivity contribution in [2.75, 3.05) is 12.8 Å². The van der Waals surface area contributed by atoms with E-state index >= 15 is 0 Å². The maximum Gasteiger partial charge on any atom is 0.220 e. The van der Waals surface area contributed by atoms with E-state index in [1.54, 1.807) is 12.4 Å². The smallest absolute Gasteiger partial charge is 0.220 e. The third-order valence-corrected chi connectivity index (χ3v) is 6.00. The summed E-state index contributed by atoms with van der Waals surface area (Å²) < 4.78 is 25.5. The van der Waals surface area contributed by atoms with E-state index in [-0.39, 0.29) is 17.7 Å². The molecule has 1 aromatic heterocycles. The predicted molar refractivity (Wildman–Crippen MR) is 107 cm³/mol. The maximum absolute atomic E-state index is 12.4. The number of hydrogen-bond acceptors (Lipinski definition) is 4. The van der Waals surface area contributed by atoms with Crippen LogP contribution in [0.1, 0.15) is 39.2 Å². The second-order valence-corrected chi connectivity index (χ2v) is 9.71. The first-order valence-electron chi connectivity index (χ1n) is 9.44. The Labute approximate surface area is 162 Å². The molecule has 1 aromatic rings. The highest BCUT2D eigenvalue weighted by Gasteiger charge is 2.32. The van der Waals surface area contributed by atoms with Crippen LogP contribution in [0.25, 0.3) is 0 Å². The van der Waals surface area contributed by atoms with E-state index in [9.17, 15) is 13.2 Å². The number of sulfonamides is 1. The molecule has 6 nitrogen and oxygen atoms in total. The molecule has 0 saturated heterocycles. The van der Waals surface area contributed by atoms with Gasteiger partial charge in [-0.05, 0) is 48.6 Å². The number of rotatable bonds is 8. The number of allylic oxidation sites excluding steroid dienone is 1. The third kappa shape index (κ3) is 7.07. The second-order valence-electron chi connectivity index (χ2n) is 7.88. The summed E-state index contributed by atoms with van der Waals surface area (Å²) >= 11 is 0. The molecule has 0 aliphatic heterocycles. The highest BCUT2D eigenvalue weighted by Crippen LogP contribution is 2.38. The molecule has 0 fully saturated rings. The Morgan fingerprint density at radius 3 is 2.70 bits per heavy atom. The van der Waals surface area contributed by atoms with Gasteiger partial charge in [-0.2, -0.15) is 0 Å². The van der Waals surface area contributed by atoms with Gasteiger partial charge in [-0.1, -0.05) is 31.6 Å². The van der Waals surface area contributed by atoms with Crippen LogP contribution in [-0.2, 0) is 21.4 Å². The van der Waals surface area contributed by atoms with E-state index < -0.39 is 10.0 Å². The summed E-state index contributed by atoms with van der Waals surface area (Å²) in [6, 6.07) is 3.79. The summed E-state index contributed by atoms with van der Waals surface area (Å²) in [7, 11) is -3.20. The number of nitrogens with zero attached hydrogens (tertiary/aromatic N) is 1. The van der Waals surface area contributed by atoms with Crippen LogP contribution in [-0.4, -0.2) is 32.1 Å². The van der Waals surface area contributed by atoms with Crippen molar-refractivity contribution >= 4 is 15.9 Å². The monoisotopic (exact) mass is 393 g/mol. The predicted octanol–water partition coefficient (Wildman–Crippen LogP) is 2.49. The lowest BCUT2D eigenvalue weighted by Crippen LogP contribution is -2.37. The zero-order valence-electron chi connectivity index (χ0n) is 16.6. The SMILES string of the molecule is CC1=C[C@@H](CNS(C)(=O)=O)[C@H](C(C)C)C[C@H]1CC(=O)NCc1cccnc1. The van der Waals surface area contributed by atoms with E-state index in [0.29, 0.717) is 31.3 Å². The van der Waals surface area contributed by atoms with Gasteiger partial charge >= 0.3 is 0 Å². The molecule has 3 atom stereocenters. The van der Waals surface area contributed by atoms with Crippen LogP contribution in [0.15, 0.2) is 36.2 Å². The molecule has 7 heteroatoms. The maximum atomic E-state index is 12.4. The first-order valence-corrected chi connectivity index (χ1v) is 11.3. The van der Waals surface area contributed by atoms with E-state index in [2.05, 4.69) is 34.9 Å². The Morgan fingerprint density at radius 2 is 2.11 bits per heavy atom. The van der Waals surface area contributed by atoms with Crippen LogP contribution >= 0.6 is 0 Å². The number of hydrogen-bond donors (Lipinski definition) is 2. The molecule has 0 spiro atoms. The molecule has 1 amide bonds. The average Bonchev–Trinajstić information content (AvgIpc) is 2.60. The van der Waals surface area contributed by atoms with Crippen molar-refractivity contribution < 1.29 is 13.2 Å². The average molecular weight is 394 g/mol. The molecule has 0 radical (unpaired) electrons. The van der Waals surface area contributed by atoms with Gasteiger partial charge in [-0.3, -0.25) is 9.78 Å². The minimum atomic E-state index is -3.20. The fraction of sp³-hybridized carbons (Fsp3) is 0.600. The fourth-order valence-electron chi connectivity index (χ4n) is 3.75. The van der Waals surface area contributed by atoms with Gasteiger partial charge in [-0.25, -0.2) is 13.1 Å². The topological polar surface area (TPSA) is 88.2 Å². The lowest BCUT2D eigenvalue weighted by atomic mass is 9.70. The number of nitrogens with one attached hydrogen (secondary N) is 2. The highest BCUT2D eigenvalue weighted by molar-refractivity contribution is 7.88. The Hall–Kier alpha value is -1.73. The largest absolute Gasteiger partial charge is 0.352 e. The molecule has 0 aromatic carbocycles. The van der Waals surface area contributed by atoms with Crippen LogP contribution in [0.5, 0.6) is 0 Å². The normalized spacial score (nSPS) is 23.1. The number of carbonyl (C=O) groups is 1. The van der Waals surface area contributed by atoms with Gasteiger partial charge < -0.3 is 5.32 Å². The molecule has 1 aliphatic carbocycles. The molecule has 150 valence electrons. The highest BCUT2D eigenvalue weighted by atomic mass is 32.2. The second kappa shape index (κ2) is 9.46. The van der Waals surface area contributed by atoms with Crippen LogP contribution in [0.2, 0.25) is 0 Å². The van der Waals surface area contributed by atoms with Gasteiger partial charge in [0.25, 0.3) is 0 Å². The van der Waals surface area contributed by atoms with Crippen molar-refractivity contribution in [1.29, 1.82) is 0 Å². The quantitative estimate of drug-likeness (QED) is 0.664. The zero-order valence-corrected chi connectivity index (χ0v) is 17.4. The van der Waals surface area contributed by atoms with Crippen LogP contribution in [0, 0.1) is 23.7 Å². The number of pyridine rings is 1. The fourth-order valence-corrected chi connectivity index (χ4v) is 4.25. The van der Waals surface area contributed by atoms with Crippen LogP contribution in [0.3, 0.4) is 0 Å². The summed E-state index contributed by atoms with van der Waals surface area (Å²) in [5.41, 5.74) is 2.15. The van der Waals surface area contributed by atoms with Gasteiger partial charge in [0.05, 0.1) is 6.26 Å². The molecular formula is C20H31N3O3S. The van der Waals surface area contributed by atoms with Crippen LogP contribution < -0.4 is 10.0 Å². The summed E-state index contributed by atoms with van der Waals surface area (Å²) in [6.07, 6.45) is 8.16. The molecule has 0 bridgehead atoms. The van der Waals surface area contributed by atoms with Crippen molar-refractivity contribution in [3.63, 3.8) is 0 Å². The molecule has 0 saturated carbocycles. The first kappa shape index (κ1) is 21.6. The van der Waals surface area contributed by atoms with Gasteiger partial charge in [0.15, 0.2) is 0 Å². The Kier molecular flexibility index (Phi) is 7.56. The molecule has 1 heterocycles. The number of aromatic nitrogens is 1. The van der Waals surface area contributed by atoms with E-state index in [1.165, 1.54) is 11.8 Å². The third-order valence-electron chi connectivity index (χ3n) is 5.31. The van der Waals surface area contributed by atoms with Crippen molar-refractivity contribution in [2.45, 2.75) is 40.2 Å². The van der Waals surface area contributed by atoms with Crippen molar-refractivity contribution in [3.8, 4) is 0 Å². The molecule has 1 aliphatic rings. The van der Waals surface area contributed by atoms with Gasteiger partial charge in [0.2, 0.25) is 15.9 Å². The molecular weight excluding hydrogens is 362 g/mol. The van der Waals surface area contributed by atoms with E-state index in [0.717, 1.165) is 12.0 Å².